The Hall–Kier alpha value is -2.01. The van der Waals surface area contributed by atoms with Gasteiger partial charge in [0.05, 0.1) is 5.69 Å². The van der Waals surface area contributed by atoms with E-state index in [-0.39, 0.29) is 12.7 Å². The lowest BCUT2D eigenvalue weighted by atomic mass is 9.91. The van der Waals surface area contributed by atoms with Crippen molar-refractivity contribution in [3.05, 3.63) is 41.2 Å². The second kappa shape index (κ2) is 4.59. The van der Waals surface area contributed by atoms with Crippen LogP contribution in [0.3, 0.4) is 0 Å². The van der Waals surface area contributed by atoms with Gasteiger partial charge in [-0.2, -0.15) is 5.10 Å². The summed E-state index contributed by atoms with van der Waals surface area (Å²) >= 11 is 0. The number of aryl methyl sites for hydroxylation is 2. The molecule has 1 aromatic heterocycles. The van der Waals surface area contributed by atoms with E-state index in [4.69, 9.17) is 15.2 Å². The van der Waals surface area contributed by atoms with Crippen LogP contribution in [-0.4, -0.2) is 23.1 Å². The molecule has 19 heavy (non-hydrogen) atoms. The van der Waals surface area contributed by atoms with Crippen LogP contribution in [0, 0.1) is 6.92 Å². The summed E-state index contributed by atoms with van der Waals surface area (Å²) in [5.74, 6) is 1.71. The lowest BCUT2D eigenvalue weighted by molar-refractivity contribution is 0.174. The zero-order chi connectivity index (χ0) is 13.4. The van der Waals surface area contributed by atoms with Crippen LogP contribution in [0.5, 0.6) is 11.5 Å². The van der Waals surface area contributed by atoms with E-state index in [1.807, 2.05) is 43.0 Å². The van der Waals surface area contributed by atoms with Crippen molar-refractivity contribution < 1.29 is 9.47 Å². The largest absolute Gasteiger partial charge is 0.454 e. The summed E-state index contributed by atoms with van der Waals surface area (Å²) in [5.41, 5.74) is 9.24. The first kappa shape index (κ1) is 12.0. The first-order valence-corrected chi connectivity index (χ1v) is 6.29. The molecule has 0 saturated heterocycles. The lowest BCUT2D eigenvalue weighted by Crippen LogP contribution is -2.14. The molecule has 0 radical (unpaired) electrons. The quantitative estimate of drug-likeness (QED) is 0.908. The first-order valence-electron chi connectivity index (χ1n) is 6.29. The van der Waals surface area contributed by atoms with Gasteiger partial charge in [-0.3, -0.25) is 4.68 Å². The second-order valence-electron chi connectivity index (χ2n) is 4.74. The highest BCUT2D eigenvalue weighted by atomic mass is 16.7. The van der Waals surface area contributed by atoms with Crippen molar-refractivity contribution in [3.63, 3.8) is 0 Å². The molecule has 1 aromatic carbocycles. The van der Waals surface area contributed by atoms with Crippen LogP contribution >= 0.6 is 0 Å². The summed E-state index contributed by atoms with van der Waals surface area (Å²) < 4.78 is 12.6. The van der Waals surface area contributed by atoms with Crippen LogP contribution < -0.4 is 15.2 Å². The maximum atomic E-state index is 5.95. The molecule has 0 amide bonds. The molecule has 2 N–H and O–H groups in total. The van der Waals surface area contributed by atoms with Crippen LogP contribution in [-0.2, 0) is 7.05 Å². The Morgan fingerprint density at radius 1 is 1.37 bits per heavy atom. The van der Waals surface area contributed by atoms with Crippen molar-refractivity contribution in [2.75, 3.05) is 13.3 Å². The number of rotatable bonds is 3. The topological polar surface area (TPSA) is 62.3 Å². The molecule has 0 aliphatic carbocycles. The molecule has 1 unspecified atom stereocenters. The highest BCUT2D eigenvalue weighted by molar-refractivity contribution is 5.47. The fourth-order valence-electron chi connectivity index (χ4n) is 2.53. The predicted octanol–water partition coefficient (Wildman–Crippen LogP) is 1.55. The molecule has 0 spiro atoms. The molecule has 2 aromatic rings. The number of nitrogens with two attached hydrogens (primary N) is 1. The third-order valence-electron chi connectivity index (χ3n) is 3.46. The van der Waals surface area contributed by atoms with Crippen LogP contribution in [0.25, 0.3) is 0 Å². The average molecular weight is 259 g/mol. The molecule has 0 saturated carbocycles. The fraction of sp³-hybridized carbons (Fsp3) is 0.357. The summed E-state index contributed by atoms with van der Waals surface area (Å²) in [4.78, 5) is 0. The molecule has 0 fully saturated rings. The Labute approximate surface area is 111 Å². The molecular formula is C14H17N3O2. The summed E-state index contributed by atoms with van der Waals surface area (Å²) in [6.45, 7) is 2.83. The smallest absolute Gasteiger partial charge is 0.231 e. The van der Waals surface area contributed by atoms with E-state index in [1.165, 1.54) is 0 Å². The number of hydrogen-bond donors (Lipinski definition) is 1. The number of nitrogens with zero attached hydrogens (tertiary/aromatic N) is 2. The van der Waals surface area contributed by atoms with Crippen LogP contribution in [0.15, 0.2) is 24.4 Å². The third kappa shape index (κ3) is 2.06. The molecule has 1 aliphatic rings. The van der Waals surface area contributed by atoms with Gasteiger partial charge in [0.15, 0.2) is 11.5 Å². The molecule has 1 aliphatic heterocycles. The first-order chi connectivity index (χ1) is 9.19. The van der Waals surface area contributed by atoms with Crippen molar-refractivity contribution in [1.82, 2.24) is 9.78 Å². The van der Waals surface area contributed by atoms with Crippen LogP contribution in [0.4, 0.5) is 0 Å². The minimum Gasteiger partial charge on any atom is -0.454 e. The van der Waals surface area contributed by atoms with Crippen molar-refractivity contribution in [2.24, 2.45) is 12.8 Å². The molecule has 3 rings (SSSR count). The summed E-state index contributed by atoms with van der Waals surface area (Å²) in [6.07, 6.45) is 2.03. The zero-order valence-electron chi connectivity index (χ0n) is 11.1. The van der Waals surface area contributed by atoms with Crippen molar-refractivity contribution in [1.29, 1.82) is 0 Å². The number of hydrogen-bond acceptors (Lipinski definition) is 4. The minimum atomic E-state index is 0.128. The molecule has 5 nitrogen and oxygen atoms in total. The molecule has 2 heterocycles. The molecule has 1 atom stereocenters. The highest BCUT2D eigenvalue weighted by Gasteiger charge is 2.21. The maximum absolute atomic E-state index is 5.95. The SMILES string of the molecule is Cc1nn(C)cc1C(CN)c1ccc2c(c1)OCO2. The standard InChI is InChI=1S/C14H17N3O2/c1-9-12(7-17(2)16-9)11(6-15)10-3-4-13-14(5-10)19-8-18-13/h3-5,7,11H,6,8,15H2,1-2H3. The number of aromatic nitrogens is 2. The summed E-state index contributed by atoms with van der Waals surface area (Å²) in [5, 5.41) is 4.38. The van der Waals surface area contributed by atoms with Gasteiger partial charge >= 0.3 is 0 Å². The van der Waals surface area contributed by atoms with Crippen molar-refractivity contribution in [3.8, 4) is 11.5 Å². The van der Waals surface area contributed by atoms with E-state index >= 15 is 0 Å². The Balaban J connectivity index is 2.00. The molecule has 100 valence electrons. The maximum Gasteiger partial charge on any atom is 0.231 e. The van der Waals surface area contributed by atoms with Gasteiger partial charge in [0.2, 0.25) is 6.79 Å². The van der Waals surface area contributed by atoms with E-state index < -0.39 is 0 Å². The van der Waals surface area contributed by atoms with Gasteiger partial charge in [-0.05, 0) is 24.6 Å². The lowest BCUT2D eigenvalue weighted by Gasteiger charge is -2.15. The second-order valence-corrected chi connectivity index (χ2v) is 4.74. The van der Waals surface area contributed by atoms with E-state index in [9.17, 15) is 0 Å². The Bertz CT molecular complexity index is 607. The van der Waals surface area contributed by atoms with Crippen molar-refractivity contribution in [2.45, 2.75) is 12.8 Å². The predicted molar refractivity (Wildman–Crippen MR) is 71.4 cm³/mol. The Kier molecular flexibility index (Phi) is 2.91. The fourth-order valence-corrected chi connectivity index (χ4v) is 2.53. The van der Waals surface area contributed by atoms with E-state index in [1.54, 1.807) is 0 Å². The van der Waals surface area contributed by atoms with Gasteiger partial charge in [-0.15, -0.1) is 0 Å². The number of ether oxygens (including phenoxy) is 2. The van der Waals surface area contributed by atoms with E-state index in [2.05, 4.69) is 5.10 Å². The van der Waals surface area contributed by atoms with Crippen LogP contribution in [0.1, 0.15) is 22.7 Å². The zero-order valence-corrected chi connectivity index (χ0v) is 11.1. The Morgan fingerprint density at radius 2 is 2.16 bits per heavy atom. The van der Waals surface area contributed by atoms with Gasteiger partial charge < -0.3 is 15.2 Å². The highest BCUT2D eigenvalue weighted by Crippen LogP contribution is 2.36. The molecule has 0 bridgehead atoms. The van der Waals surface area contributed by atoms with Gasteiger partial charge in [0, 0.05) is 31.3 Å². The van der Waals surface area contributed by atoms with E-state index in [0.717, 1.165) is 28.3 Å². The molecule has 5 heteroatoms. The molecular weight excluding hydrogens is 242 g/mol. The number of fused-ring (bicyclic) bond motifs is 1. The average Bonchev–Trinajstić information content (AvgIpc) is 2.97. The minimum absolute atomic E-state index is 0.128. The third-order valence-corrected chi connectivity index (χ3v) is 3.46. The van der Waals surface area contributed by atoms with Crippen molar-refractivity contribution >= 4 is 0 Å². The van der Waals surface area contributed by atoms with Gasteiger partial charge in [-0.25, -0.2) is 0 Å². The Morgan fingerprint density at radius 3 is 2.84 bits per heavy atom. The monoisotopic (exact) mass is 259 g/mol. The number of benzene rings is 1. The summed E-state index contributed by atoms with van der Waals surface area (Å²) in [6, 6.07) is 5.98. The normalized spacial score (nSPS) is 14.7. The van der Waals surface area contributed by atoms with Gasteiger partial charge in [0.1, 0.15) is 0 Å². The van der Waals surface area contributed by atoms with Gasteiger partial charge in [0.25, 0.3) is 0 Å². The van der Waals surface area contributed by atoms with Crippen LogP contribution in [0.2, 0.25) is 0 Å². The van der Waals surface area contributed by atoms with E-state index in [0.29, 0.717) is 6.54 Å². The van der Waals surface area contributed by atoms with Gasteiger partial charge in [-0.1, -0.05) is 6.07 Å². The summed E-state index contributed by atoms with van der Waals surface area (Å²) in [7, 11) is 1.92.